The largest absolute Gasteiger partial charge is 0.464 e. The van der Waals surface area contributed by atoms with Crippen molar-refractivity contribution in [3.8, 4) is 0 Å². The molecule has 1 aliphatic rings. The monoisotopic (exact) mass is 333 g/mol. The van der Waals surface area contributed by atoms with E-state index in [0.717, 1.165) is 25.7 Å². The van der Waals surface area contributed by atoms with Gasteiger partial charge < -0.3 is 9.47 Å². The highest BCUT2D eigenvalue weighted by Crippen LogP contribution is 2.31. The Morgan fingerprint density at radius 3 is 2.71 bits per heavy atom. The summed E-state index contributed by atoms with van der Waals surface area (Å²) in [6.45, 7) is 0. The van der Waals surface area contributed by atoms with E-state index in [9.17, 15) is 9.59 Å². The van der Waals surface area contributed by atoms with E-state index in [2.05, 4.69) is 20.1 Å². The predicted octanol–water partition coefficient (Wildman–Crippen LogP) is 1.14. The standard InChI is InChI=1S/C15H19N5O4/c1-19-8-10(7-16-19)14(21)24-13-6-4-3-5-12(13)20-9-11(17-18-20)15(22)23-2/h7-9,12-13H,3-6H2,1-2H3/t12-,13+/m1/s1. The maximum Gasteiger partial charge on any atom is 0.360 e. The lowest BCUT2D eigenvalue weighted by Gasteiger charge is -2.30. The van der Waals surface area contributed by atoms with Gasteiger partial charge in [0.05, 0.1) is 31.1 Å². The first-order chi connectivity index (χ1) is 11.6. The summed E-state index contributed by atoms with van der Waals surface area (Å²) in [6, 6.07) is -0.148. The molecule has 128 valence electrons. The molecule has 2 heterocycles. The first-order valence-electron chi connectivity index (χ1n) is 7.78. The number of nitrogens with zero attached hydrogens (tertiary/aromatic N) is 5. The Balaban J connectivity index is 1.74. The number of carbonyl (C=O) groups excluding carboxylic acids is 2. The molecule has 0 aliphatic heterocycles. The molecule has 2 aromatic rings. The van der Waals surface area contributed by atoms with Crippen LogP contribution in [0.2, 0.25) is 0 Å². The van der Waals surface area contributed by atoms with Gasteiger partial charge in [-0.05, 0) is 19.3 Å². The lowest BCUT2D eigenvalue weighted by atomic mass is 9.92. The summed E-state index contributed by atoms with van der Waals surface area (Å²) in [5.41, 5.74) is 0.552. The summed E-state index contributed by atoms with van der Waals surface area (Å²) in [5.74, 6) is -0.950. The number of carbonyl (C=O) groups is 2. The third-order valence-corrected chi connectivity index (χ3v) is 4.11. The van der Waals surface area contributed by atoms with Crippen molar-refractivity contribution in [3.05, 3.63) is 29.8 Å². The topological polar surface area (TPSA) is 101 Å². The van der Waals surface area contributed by atoms with Gasteiger partial charge in [0.15, 0.2) is 5.69 Å². The van der Waals surface area contributed by atoms with Crippen LogP contribution in [0.5, 0.6) is 0 Å². The minimum absolute atomic E-state index is 0.139. The second-order valence-corrected chi connectivity index (χ2v) is 5.77. The van der Waals surface area contributed by atoms with E-state index in [1.807, 2.05) is 0 Å². The molecule has 9 nitrogen and oxygen atoms in total. The van der Waals surface area contributed by atoms with Crippen LogP contribution in [0, 0.1) is 0 Å². The Kier molecular flexibility index (Phi) is 4.59. The highest BCUT2D eigenvalue weighted by atomic mass is 16.5. The van der Waals surface area contributed by atoms with Gasteiger partial charge in [-0.1, -0.05) is 11.6 Å². The Morgan fingerprint density at radius 2 is 2.00 bits per heavy atom. The third-order valence-electron chi connectivity index (χ3n) is 4.11. The van der Waals surface area contributed by atoms with Crippen molar-refractivity contribution < 1.29 is 19.1 Å². The minimum Gasteiger partial charge on any atom is -0.464 e. The summed E-state index contributed by atoms with van der Waals surface area (Å²) in [4.78, 5) is 23.8. The second kappa shape index (κ2) is 6.81. The van der Waals surface area contributed by atoms with Crippen LogP contribution in [0.15, 0.2) is 18.6 Å². The van der Waals surface area contributed by atoms with E-state index >= 15 is 0 Å². The van der Waals surface area contributed by atoms with Crippen molar-refractivity contribution in [3.63, 3.8) is 0 Å². The first kappa shape index (κ1) is 16.2. The molecule has 0 spiro atoms. The molecule has 0 amide bonds. The second-order valence-electron chi connectivity index (χ2n) is 5.77. The molecule has 0 radical (unpaired) electrons. The number of aromatic nitrogens is 5. The van der Waals surface area contributed by atoms with Crippen molar-refractivity contribution in [2.45, 2.75) is 37.8 Å². The van der Waals surface area contributed by atoms with E-state index < -0.39 is 11.9 Å². The fourth-order valence-corrected chi connectivity index (χ4v) is 2.89. The Bertz CT molecular complexity index is 738. The van der Waals surface area contributed by atoms with Gasteiger partial charge in [0.25, 0.3) is 0 Å². The van der Waals surface area contributed by atoms with Crippen LogP contribution in [-0.4, -0.2) is 49.9 Å². The SMILES string of the molecule is COC(=O)c1cn([C@@H]2CCCC[C@@H]2OC(=O)c2cnn(C)c2)nn1. The molecule has 0 saturated heterocycles. The zero-order valence-electron chi connectivity index (χ0n) is 13.6. The van der Waals surface area contributed by atoms with Crippen molar-refractivity contribution in [1.82, 2.24) is 24.8 Å². The zero-order valence-corrected chi connectivity index (χ0v) is 13.6. The molecule has 24 heavy (non-hydrogen) atoms. The number of rotatable bonds is 4. The van der Waals surface area contributed by atoms with E-state index in [1.54, 1.807) is 22.6 Å². The summed E-state index contributed by atoms with van der Waals surface area (Å²) >= 11 is 0. The molecule has 1 aliphatic carbocycles. The number of hydrogen-bond acceptors (Lipinski definition) is 7. The highest BCUT2D eigenvalue weighted by molar-refractivity contribution is 5.89. The Hall–Kier alpha value is -2.71. The van der Waals surface area contributed by atoms with Crippen LogP contribution in [0.4, 0.5) is 0 Å². The van der Waals surface area contributed by atoms with Crippen LogP contribution in [0.3, 0.4) is 0 Å². The van der Waals surface area contributed by atoms with Crippen LogP contribution < -0.4 is 0 Å². The van der Waals surface area contributed by atoms with Gasteiger partial charge >= 0.3 is 11.9 Å². The molecule has 0 N–H and O–H groups in total. The maximum atomic E-state index is 12.3. The molecule has 2 atom stereocenters. The molecular weight excluding hydrogens is 314 g/mol. The maximum absolute atomic E-state index is 12.3. The van der Waals surface area contributed by atoms with Crippen molar-refractivity contribution in [1.29, 1.82) is 0 Å². The summed E-state index contributed by atoms with van der Waals surface area (Å²) in [6.07, 6.45) is 7.82. The molecule has 1 saturated carbocycles. The summed E-state index contributed by atoms with van der Waals surface area (Å²) in [7, 11) is 3.03. The van der Waals surface area contributed by atoms with Crippen LogP contribution in [0.1, 0.15) is 52.6 Å². The Morgan fingerprint density at radius 1 is 1.21 bits per heavy atom. The molecule has 0 bridgehead atoms. The van der Waals surface area contributed by atoms with E-state index in [1.165, 1.54) is 19.5 Å². The smallest absolute Gasteiger partial charge is 0.360 e. The first-order valence-corrected chi connectivity index (χ1v) is 7.78. The van der Waals surface area contributed by atoms with Crippen LogP contribution >= 0.6 is 0 Å². The molecule has 9 heteroatoms. The van der Waals surface area contributed by atoms with Crippen molar-refractivity contribution in [2.24, 2.45) is 7.05 Å². The Labute approximate surface area is 138 Å². The normalized spacial score (nSPS) is 20.6. The molecule has 1 fully saturated rings. The summed E-state index contributed by atoms with van der Waals surface area (Å²) < 4.78 is 13.4. The van der Waals surface area contributed by atoms with Gasteiger partial charge in [-0.2, -0.15) is 5.10 Å². The van der Waals surface area contributed by atoms with Crippen molar-refractivity contribution >= 4 is 11.9 Å². The van der Waals surface area contributed by atoms with E-state index in [0.29, 0.717) is 5.56 Å². The molecule has 2 aromatic heterocycles. The summed E-state index contributed by atoms with van der Waals surface area (Å²) in [5, 5.41) is 11.8. The lowest BCUT2D eigenvalue weighted by molar-refractivity contribution is 0.00172. The van der Waals surface area contributed by atoms with Gasteiger partial charge in [-0.3, -0.25) is 4.68 Å². The van der Waals surface area contributed by atoms with Gasteiger partial charge in [0.2, 0.25) is 0 Å². The quantitative estimate of drug-likeness (QED) is 0.773. The number of esters is 2. The van der Waals surface area contributed by atoms with Crippen molar-refractivity contribution in [2.75, 3.05) is 7.11 Å². The molecular formula is C15H19N5O4. The van der Waals surface area contributed by atoms with Gasteiger partial charge in [-0.15, -0.1) is 5.10 Å². The molecule has 0 unspecified atom stereocenters. The van der Waals surface area contributed by atoms with Gasteiger partial charge in [0.1, 0.15) is 6.10 Å². The fraction of sp³-hybridized carbons (Fsp3) is 0.533. The predicted molar refractivity (Wildman–Crippen MR) is 81.3 cm³/mol. The molecule has 3 rings (SSSR count). The van der Waals surface area contributed by atoms with Crippen LogP contribution in [-0.2, 0) is 16.5 Å². The fourth-order valence-electron chi connectivity index (χ4n) is 2.89. The average molecular weight is 333 g/mol. The number of ether oxygens (including phenoxy) is 2. The lowest BCUT2D eigenvalue weighted by Crippen LogP contribution is -2.32. The van der Waals surface area contributed by atoms with E-state index in [4.69, 9.17) is 4.74 Å². The zero-order chi connectivity index (χ0) is 17.1. The molecule has 0 aromatic carbocycles. The number of methoxy groups -OCH3 is 1. The minimum atomic E-state index is -0.541. The number of aryl methyl sites for hydroxylation is 1. The number of hydrogen-bond donors (Lipinski definition) is 0. The van der Waals surface area contributed by atoms with Gasteiger partial charge in [-0.25, -0.2) is 14.3 Å². The average Bonchev–Trinajstić information content (AvgIpc) is 3.24. The van der Waals surface area contributed by atoms with Crippen LogP contribution in [0.25, 0.3) is 0 Å². The highest BCUT2D eigenvalue weighted by Gasteiger charge is 2.31. The van der Waals surface area contributed by atoms with E-state index in [-0.39, 0.29) is 17.8 Å². The third kappa shape index (κ3) is 3.29. The van der Waals surface area contributed by atoms with Gasteiger partial charge in [0, 0.05) is 13.2 Å².